The van der Waals surface area contributed by atoms with Gasteiger partial charge in [0.1, 0.15) is 0 Å². The molecular formula is C18H19ClN2O3S. The highest BCUT2D eigenvalue weighted by atomic mass is 35.5. The van der Waals surface area contributed by atoms with Gasteiger partial charge in [0.15, 0.2) is 0 Å². The molecule has 7 heteroatoms. The summed E-state index contributed by atoms with van der Waals surface area (Å²) in [5, 5.41) is 3.54. The molecule has 0 bridgehead atoms. The molecule has 0 saturated heterocycles. The normalized spacial score (nSPS) is 19.3. The minimum Gasteiger partial charge on any atom is -0.326 e. The molecule has 2 aromatic rings. The maximum atomic E-state index is 12.5. The average Bonchev–Trinajstić information content (AvgIpc) is 3.30. The number of halogens is 1. The van der Waals surface area contributed by atoms with E-state index < -0.39 is 10.0 Å². The van der Waals surface area contributed by atoms with Gasteiger partial charge in [-0.05, 0) is 48.6 Å². The van der Waals surface area contributed by atoms with Crippen LogP contribution in [-0.4, -0.2) is 20.6 Å². The maximum absolute atomic E-state index is 12.5. The summed E-state index contributed by atoms with van der Waals surface area (Å²) >= 11 is 6.19. The topological polar surface area (TPSA) is 75.3 Å². The van der Waals surface area contributed by atoms with Crippen LogP contribution in [0.15, 0.2) is 42.5 Å². The lowest BCUT2D eigenvalue weighted by Gasteiger charge is -2.11. The van der Waals surface area contributed by atoms with Gasteiger partial charge in [0.05, 0.1) is 11.9 Å². The van der Waals surface area contributed by atoms with Crippen LogP contribution in [0.2, 0.25) is 5.02 Å². The van der Waals surface area contributed by atoms with E-state index in [1.165, 1.54) is 0 Å². The molecule has 1 amide bonds. The van der Waals surface area contributed by atoms with Crippen molar-refractivity contribution >= 4 is 38.9 Å². The number of carbonyl (C=O) groups excluding carboxylic acids is 1. The number of sulfonamides is 1. The molecule has 0 spiro atoms. The van der Waals surface area contributed by atoms with Crippen molar-refractivity contribution in [2.75, 3.05) is 16.3 Å². The van der Waals surface area contributed by atoms with Crippen molar-refractivity contribution in [1.29, 1.82) is 0 Å². The molecule has 1 aliphatic carbocycles. The highest BCUT2D eigenvalue weighted by molar-refractivity contribution is 7.92. The number of hydrogen-bond donors (Lipinski definition) is 2. The molecule has 0 aromatic heterocycles. The minimum absolute atomic E-state index is 0.0842. The first-order chi connectivity index (χ1) is 11.7. The van der Waals surface area contributed by atoms with Gasteiger partial charge in [0.25, 0.3) is 0 Å². The standard InChI is InChI=1S/C18H19ClN2O3S/c1-11-7-8-12(9-17(11)21-25(2,23)24)20-18(22)15-10-14(15)13-5-3-4-6-16(13)19/h3-9,14-15,21H,10H2,1-2H3,(H,20,22)/t14-,15-/m0/s1. The number of nitrogens with one attached hydrogen (secondary N) is 2. The number of benzene rings is 2. The van der Waals surface area contributed by atoms with Gasteiger partial charge in [0, 0.05) is 16.6 Å². The van der Waals surface area contributed by atoms with Crippen molar-refractivity contribution < 1.29 is 13.2 Å². The van der Waals surface area contributed by atoms with Gasteiger partial charge in [-0.3, -0.25) is 9.52 Å². The van der Waals surface area contributed by atoms with Crippen LogP contribution in [0.4, 0.5) is 11.4 Å². The summed E-state index contributed by atoms with van der Waals surface area (Å²) < 4.78 is 25.3. The Balaban J connectivity index is 1.70. The minimum atomic E-state index is -3.38. The highest BCUT2D eigenvalue weighted by Crippen LogP contribution is 2.50. The zero-order valence-corrected chi connectivity index (χ0v) is 15.5. The Kier molecular flexibility index (Phi) is 4.75. The monoisotopic (exact) mass is 378 g/mol. The van der Waals surface area contributed by atoms with Crippen LogP contribution >= 0.6 is 11.6 Å². The Bertz CT molecular complexity index is 928. The Morgan fingerprint density at radius 1 is 1.20 bits per heavy atom. The summed E-state index contributed by atoms with van der Waals surface area (Å²) in [7, 11) is -3.38. The first-order valence-corrected chi connectivity index (χ1v) is 10.2. The summed E-state index contributed by atoms with van der Waals surface area (Å²) in [6.45, 7) is 1.80. The van der Waals surface area contributed by atoms with Crippen molar-refractivity contribution in [3.63, 3.8) is 0 Å². The predicted octanol–water partition coefficient (Wildman–Crippen LogP) is 3.76. The van der Waals surface area contributed by atoms with Crippen LogP contribution in [0, 0.1) is 12.8 Å². The third-order valence-corrected chi connectivity index (χ3v) is 5.17. The van der Waals surface area contributed by atoms with Gasteiger partial charge < -0.3 is 5.32 Å². The van der Waals surface area contributed by atoms with Gasteiger partial charge in [-0.15, -0.1) is 0 Å². The smallest absolute Gasteiger partial charge is 0.229 e. The third kappa shape index (κ3) is 4.32. The van der Waals surface area contributed by atoms with E-state index in [9.17, 15) is 13.2 Å². The molecule has 5 nitrogen and oxygen atoms in total. The Hall–Kier alpha value is -2.05. The second kappa shape index (κ2) is 6.69. The Labute approximate surface area is 152 Å². The quantitative estimate of drug-likeness (QED) is 0.831. The first kappa shape index (κ1) is 17.8. The molecule has 3 rings (SSSR count). The van der Waals surface area contributed by atoms with E-state index in [1.54, 1.807) is 25.1 Å². The van der Waals surface area contributed by atoms with Gasteiger partial charge in [-0.2, -0.15) is 0 Å². The number of hydrogen-bond acceptors (Lipinski definition) is 3. The second-order valence-corrected chi connectivity index (χ2v) is 8.52. The molecule has 1 fully saturated rings. The number of anilines is 2. The largest absolute Gasteiger partial charge is 0.326 e. The number of aryl methyl sites for hydroxylation is 1. The van der Waals surface area contributed by atoms with Gasteiger partial charge in [-0.25, -0.2) is 8.42 Å². The molecule has 0 unspecified atom stereocenters. The lowest BCUT2D eigenvalue weighted by molar-refractivity contribution is -0.117. The number of amides is 1. The average molecular weight is 379 g/mol. The maximum Gasteiger partial charge on any atom is 0.229 e. The summed E-state index contributed by atoms with van der Waals surface area (Å²) in [5.41, 5.74) is 2.79. The SMILES string of the molecule is Cc1ccc(NC(=O)[C@H]2C[C@H]2c2ccccc2Cl)cc1NS(C)(=O)=O. The lowest BCUT2D eigenvalue weighted by atomic mass is 10.1. The van der Waals surface area contributed by atoms with Crippen LogP contribution in [0.1, 0.15) is 23.5 Å². The van der Waals surface area contributed by atoms with E-state index in [0.717, 1.165) is 23.8 Å². The van der Waals surface area contributed by atoms with Crippen LogP contribution in [0.5, 0.6) is 0 Å². The molecule has 0 aliphatic heterocycles. The summed E-state index contributed by atoms with van der Waals surface area (Å²) in [6, 6.07) is 12.7. The van der Waals surface area contributed by atoms with Crippen LogP contribution < -0.4 is 10.0 Å². The second-order valence-electron chi connectivity index (χ2n) is 6.36. The molecular weight excluding hydrogens is 360 g/mol. The highest BCUT2D eigenvalue weighted by Gasteiger charge is 2.44. The van der Waals surface area contributed by atoms with E-state index in [0.29, 0.717) is 16.4 Å². The molecule has 1 saturated carbocycles. The summed E-state index contributed by atoms with van der Waals surface area (Å²) in [4.78, 5) is 12.5. The van der Waals surface area contributed by atoms with Gasteiger partial charge in [0.2, 0.25) is 15.9 Å². The molecule has 1 aliphatic rings. The van der Waals surface area contributed by atoms with Crippen molar-refractivity contribution in [2.24, 2.45) is 5.92 Å². The summed E-state index contributed by atoms with van der Waals surface area (Å²) in [5.74, 6) is -0.0700. The lowest BCUT2D eigenvalue weighted by Crippen LogP contribution is -2.15. The van der Waals surface area contributed by atoms with Gasteiger partial charge in [-0.1, -0.05) is 35.9 Å². The van der Waals surface area contributed by atoms with Crippen LogP contribution in [0.25, 0.3) is 0 Å². The fraction of sp³-hybridized carbons (Fsp3) is 0.278. The van der Waals surface area contributed by atoms with Crippen molar-refractivity contribution in [1.82, 2.24) is 0 Å². The van der Waals surface area contributed by atoms with E-state index in [4.69, 9.17) is 11.6 Å². The molecule has 132 valence electrons. The Morgan fingerprint density at radius 2 is 1.92 bits per heavy atom. The Morgan fingerprint density at radius 3 is 2.60 bits per heavy atom. The van der Waals surface area contributed by atoms with Crippen molar-refractivity contribution in [3.05, 3.63) is 58.6 Å². The third-order valence-electron chi connectivity index (χ3n) is 4.23. The molecule has 0 heterocycles. The molecule has 2 aromatic carbocycles. The van der Waals surface area contributed by atoms with Crippen LogP contribution in [-0.2, 0) is 14.8 Å². The van der Waals surface area contributed by atoms with Crippen molar-refractivity contribution in [3.8, 4) is 0 Å². The van der Waals surface area contributed by atoms with E-state index >= 15 is 0 Å². The molecule has 2 atom stereocenters. The molecule has 25 heavy (non-hydrogen) atoms. The zero-order chi connectivity index (χ0) is 18.2. The predicted molar refractivity (Wildman–Crippen MR) is 101 cm³/mol. The van der Waals surface area contributed by atoms with Crippen LogP contribution in [0.3, 0.4) is 0 Å². The van der Waals surface area contributed by atoms with Crippen molar-refractivity contribution in [2.45, 2.75) is 19.3 Å². The fourth-order valence-corrected chi connectivity index (χ4v) is 3.74. The number of rotatable bonds is 5. The van der Waals surface area contributed by atoms with E-state index in [-0.39, 0.29) is 17.7 Å². The zero-order valence-electron chi connectivity index (χ0n) is 13.9. The fourth-order valence-electron chi connectivity index (χ4n) is 2.85. The molecule has 0 radical (unpaired) electrons. The summed E-state index contributed by atoms with van der Waals surface area (Å²) in [6.07, 6.45) is 1.85. The number of carbonyl (C=O) groups is 1. The molecule has 2 N–H and O–H groups in total. The van der Waals surface area contributed by atoms with E-state index in [1.807, 2.05) is 24.3 Å². The van der Waals surface area contributed by atoms with Gasteiger partial charge >= 0.3 is 0 Å². The first-order valence-electron chi connectivity index (χ1n) is 7.88. The van der Waals surface area contributed by atoms with E-state index in [2.05, 4.69) is 10.0 Å².